The molecule has 0 spiro atoms. The van der Waals surface area contributed by atoms with Crippen LogP contribution >= 0.6 is 0 Å². The molecule has 1 aromatic rings. The van der Waals surface area contributed by atoms with E-state index < -0.39 is 23.5 Å². The van der Waals surface area contributed by atoms with E-state index in [1.807, 2.05) is 13.8 Å². The van der Waals surface area contributed by atoms with Crippen molar-refractivity contribution >= 4 is 5.97 Å². The van der Waals surface area contributed by atoms with Gasteiger partial charge in [-0.25, -0.2) is 13.6 Å². The smallest absolute Gasteiger partial charge is 0.338 e. The summed E-state index contributed by atoms with van der Waals surface area (Å²) >= 11 is 0. The highest BCUT2D eigenvalue weighted by Gasteiger charge is 2.35. The Hall–Kier alpha value is -2.21. The summed E-state index contributed by atoms with van der Waals surface area (Å²) in [6.07, 6.45) is 1.50. The summed E-state index contributed by atoms with van der Waals surface area (Å²) in [4.78, 5) is 12.6. The highest BCUT2D eigenvalue weighted by atomic mass is 19.1. The van der Waals surface area contributed by atoms with E-state index in [-0.39, 0.29) is 12.4 Å². The van der Waals surface area contributed by atoms with Crippen LogP contribution in [0.3, 0.4) is 0 Å². The minimum Gasteiger partial charge on any atom is -0.435 e. The zero-order valence-corrected chi connectivity index (χ0v) is 14.9. The van der Waals surface area contributed by atoms with Crippen molar-refractivity contribution in [3.63, 3.8) is 0 Å². The van der Waals surface area contributed by atoms with Gasteiger partial charge in [0, 0.05) is 30.5 Å². The van der Waals surface area contributed by atoms with Crippen LogP contribution in [-0.2, 0) is 14.3 Å². The summed E-state index contributed by atoms with van der Waals surface area (Å²) in [5.41, 5.74) is 2.93. The van der Waals surface area contributed by atoms with Crippen LogP contribution < -0.4 is 5.32 Å². The Kier molecular flexibility index (Phi) is 6.31. The zero-order chi connectivity index (χ0) is 18.6. The molecule has 1 aliphatic rings. The maximum absolute atomic E-state index is 14.5. The Morgan fingerprint density at radius 3 is 2.56 bits per heavy atom. The van der Waals surface area contributed by atoms with Crippen molar-refractivity contribution in [2.75, 3.05) is 13.9 Å². The second-order valence-electron chi connectivity index (χ2n) is 6.00. The van der Waals surface area contributed by atoms with Crippen LogP contribution in [0, 0.1) is 11.6 Å². The Labute approximate surface area is 146 Å². The van der Waals surface area contributed by atoms with Crippen LogP contribution in [0.4, 0.5) is 8.78 Å². The molecule has 1 heterocycles. The number of methoxy groups -OCH3 is 1. The lowest BCUT2D eigenvalue weighted by Gasteiger charge is -2.32. The number of hydrogen-bond donors (Lipinski definition) is 1. The Bertz CT molecular complexity index is 725. The molecule has 25 heavy (non-hydrogen) atoms. The van der Waals surface area contributed by atoms with Crippen molar-refractivity contribution in [3.8, 4) is 0 Å². The second-order valence-corrected chi connectivity index (χ2v) is 6.00. The summed E-state index contributed by atoms with van der Waals surface area (Å²) in [6, 6.07) is 3.43. The molecule has 0 amide bonds. The first-order chi connectivity index (χ1) is 11.9. The predicted molar refractivity (Wildman–Crippen MR) is 90.5 cm³/mol. The van der Waals surface area contributed by atoms with Crippen molar-refractivity contribution in [2.24, 2.45) is 0 Å². The molecule has 0 aliphatic carbocycles. The number of ether oxygens (including phenoxy) is 2. The molecule has 1 N–H and O–H groups in total. The van der Waals surface area contributed by atoms with Gasteiger partial charge in [-0.1, -0.05) is 19.4 Å². The average molecular weight is 351 g/mol. The summed E-state index contributed by atoms with van der Waals surface area (Å²) in [5.74, 6) is -2.54. The first kappa shape index (κ1) is 19.1. The third kappa shape index (κ3) is 4.07. The molecule has 0 fully saturated rings. The standard InChI is InChI=1S/C19H23F2NO3/c1-5-6-14-11(2)22-12(3)17(19(23)25-10-24-4)18(14)15-8-7-13(20)9-16(15)21/h7-9,18,22H,5-6,10H2,1-4H3. The third-order valence-corrected chi connectivity index (χ3v) is 4.22. The highest BCUT2D eigenvalue weighted by Crippen LogP contribution is 2.41. The lowest BCUT2D eigenvalue weighted by molar-refractivity contribution is -0.149. The van der Waals surface area contributed by atoms with E-state index in [2.05, 4.69) is 5.32 Å². The largest absolute Gasteiger partial charge is 0.435 e. The average Bonchev–Trinajstić information content (AvgIpc) is 2.55. The Morgan fingerprint density at radius 1 is 1.24 bits per heavy atom. The fourth-order valence-electron chi connectivity index (χ4n) is 3.18. The van der Waals surface area contributed by atoms with Crippen LogP contribution in [-0.4, -0.2) is 19.9 Å². The molecule has 136 valence electrons. The zero-order valence-electron chi connectivity index (χ0n) is 14.9. The summed E-state index contributed by atoms with van der Waals surface area (Å²) < 4.78 is 37.8. The molecule has 6 heteroatoms. The number of dihydropyridines is 1. The van der Waals surface area contributed by atoms with Crippen LogP contribution in [0.2, 0.25) is 0 Å². The van der Waals surface area contributed by atoms with Gasteiger partial charge >= 0.3 is 5.97 Å². The number of allylic oxidation sites excluding steroid dienone is 3. The van der Waals surface area contributed by atoms with Crippen LogP contribution in [0.15, 0.2) is 40.7 Å². The molecule has 0 saturated carbocycles. The van der Waals surface area contributed by atoms with Crippen molar-refractivity contribution < 1.29 is 23.0 Å². The van der Waals surface area contributed by atoms with E-state index in [0.29, 0.717) is 17.7 Å². The van der Waals surface area contributed by atoms with E-state index in [0.717, 1.165) is 23.8 Å². The number of esters is 1. The normalized spacial score (nSPS) is 17.6. The molecular weight excluding hydrogens is 328 g/mol. The van der Waals surface area contributed by atoms with Crippen molar-refractivity contribution in [1.82, 2.24) is 5.32 Å². The van der Waals surface area contributed by atoms with Crippen LogP contribution in [0.25, 0.3) is 0 Å². The fourth-order valence-corrected chi connectivity index (χ4v) is 3.18. The number of hydrogen-bond acceptors (Lipinski definition) is 4. The van der Waals surface area contributed by atoms with Gasteiger partial charge in [-0.15, -0.1) is 0 Å². The SMILES string of the molecule is CCCC1=C(C)NC(C)=C(C(=O)OCOC)C1c1ccc(F)cc1F. The van der Waals surface area contributed by atoms with Gasteiger partial charge in [0.2, 0.25) is 0 Å². The lowest BCUT2D eigenvalue weighted by Crippen LogP contribution is -2.29. The molecule has 1 aromatic carbocycles. The maximum Gasteiger partial charge on any atom is 0.338 e. The van der Waals surface area contributed by atoms with E-state index in [1.165, 1.54) is 19.2 Å². The van der Waals surface area contributed by atoms with Gasteiger partial charge in [0.1, 0.15) is 11.6 Å². The van der Waals surface area contributed by atoms with E-state index in [9.17, 15) is 13.6 Å². The van der Waals surface area contributed by atoms with Gasteiger partial charge in [-0.2, -0.15) is 0 Å². The molecular formula is C19H23F2NO3. The quantitative estimate of drug-likeness (QED) is 0.618. The number of benzene rings is 1. The molecule has 2 rings (SSSR count). The molecule has 0 bridgehead atoms. The molecule has 0 saturated heterocycles. The number of rotatable bonds is 6. The fraction of sp³-hybridized carbons (Fsp3) is 0.421. The summed E-state index contributed by atoms with van der Waals surface area (Å²) in [7, 11) is 1.41. The lowest BCUT2D eigenvalue weighted by atomic mass is 9.78. The number of nitrogens with one attached hydrogen (secondary N) is 1. The first-order valence-corrected chi connectivity index (χ1v) is 8.19. The van der Waals surface area contributed by atoms with E-state index in [4.69, 9.17) is 9.47 Å². The summed E-state index contributed by atoms with van der Waals surface area (Å²) in [5, 5.41) is 3.17. The van der Waals surface area contributed by atoms with Gasteiger partial charge in [0.15, 0.2) is 6.79 Å². The minimum absolute atomic E-state index is 0.194. The number of carbonyl (C=O) groups is 1. The van der Waals surface area contributed by atoms with E-state index >= 15 is 0 Å². The van der Waals surface area contributed by atoms with Gasteiger partial charge < -0.3 is 14.8 Å². The van der Waals surface area contributed by atoms with Crippen molar-refractivity contribution in [3.05, 3.63) is 57.9 Å². The van der Waals surface area contributed by atoms with Crippen LogP contribution in [0.5, 0.6) is 0 Å². The van der Waals surface area contributed by atoms with Crippen molar-refractivity contribution in [1.29, 1.82) is 0 Å². The summed E-state index contributed by atoms with van der Waals surface area (Å²) in [6.45, 7) is 5.44. The first-order valence-electron chi connectivity index (χ1n) is 8.19. The molecule has 4 nitrogen and oxygen atoms in total. The topological polar surface area (TPSA) is 47.6 Å². The second kappa shape index (κ2) is 8.25. The Morgan fingerprint density at radius 2 is 1.96 bits per heavy atom. The third-order valence-electron chi connectivity index (χ3n) is 4.22. The van der Waals surface area contributed by atoms with Gasteiger partial charge in [0.25, 0.3) is 0 Å². The minimum atomic E-state index is -0.682. The Balaban J connectivity index is 2.58. The van der Waals surface area contributed by atoms with Crippen molar-refractivity contribution in [2.45, 2.75) is 39.5 Å². The highest BCUT2D eigenvalue weighted by molar-refractivity contribution is 5.92. The number of halogens is 2. The molecule has 1 aliphatic heterocycles. The molecule has 1 unspecified atom stereocenters. The molecule has 0 aromatic heterocycles. The van der Waals surface area contributed by atoms with Gasteiger partial charge in [0.05, 0.1) is 5.57 Å². The monoisotopic (exact) mass is 351 g/mol. The van der Waals surface area contributed by atoms with E-state index in [1.54, 1.807) is 6.92 Å². The maximum atomic E-state index is 14.5. The molecule has 0 radical (unpaired) electrons. The van der Waals surface area contributed by atoms with Gasteiger partial charge in [-0.05, 0) is 37.5 Å². The predicted octanol–water partition coefficient (Wildman–Crippen LogP) is 4.15. The van der Waals surface area contributed by atoms with Crippen LogP contribution in [0.1, 0.15) is 45.1 Å². The number of carbonyl (C=O) groups excluding carboxylic acids is 1. The molecule has 1 atom stereocenters. The van der Waals surface area contributed by atoms with Gasteiger partial charge in [-0.3, -0.25) is 0 Å².